The number of rotatable bonds is 4. The molecule has 1 heterocycles. The Labute approximate surface area is 172 Å². The number of carbonyl (C=O) groups is 2. The van der Waals surface area contributed by atoms with Crippen LogP contribution in [0, 0.1) is 25.5 Å². The molecule has 0 saturated carbocycles. The first-order valence-corrected chi connectivity index (χ1v) is 9.34. The van der Waals surface area contributed by atoms with Crippen molar-refractivity contribution in [3.8, 4) is 0 Å². The molecule has 0 bridgehead atoms. The number of amides is 2. The number of nitrogens with one attached hydrogen (secondary N) is 1. The molecule has 4 rings (SSSR count). The summed E-state index contributed by atoms with van der Waals surface area (Å²) in [7, 11) is 0. The predicted octanol–water partition coefficient (Wildman–Crippen LogP) is 4.98. The van der Waals surface area contributed by atoms with Crippen LogP contribution in [-0.2, 0) is 9.59 Å². The van der Waals surface area contributed by atoms with Gasteiger partial charge in [-0.15, -0.1) is 0 Å². The average molecular weight is 404 g/mol. The Bertz CT molecular complexity index is 1220. The molecule has 1 aliphatic heterocycles. The molecular formula is C24H18F2N2O2. The Morgan fingerprint density at radius 3 is 2.13 bits per heavy atom. The Morgan fingerprint density at radius 2 is 1.47 bits per heavy atom. The molecule has 0 aromatic heterocycles. The van der Waals surface area contributed by atoms with Crippen LogP contribution in [0.4, 0.5) is 20.2 Å². The van der Waals surface area contributed by atoms with Gasteiger partial charge in [0, 0.05) is 5.69 Å². The van der Waals surface area contributed by atoms with Gasteiger partial charge in [0.05, 0.1) is 11.3 Å². The third kappa shape index (κ3) is 3.48. The Morgan fingerprint density at radius 1 is 0.767 bits per heavy atom. The molecule has 0 radical (unpaired) electrons. The van der Waals surface area contributed by atoms with E-state index in [1.807, 2.05) is 26.0 Å². The van der Waals surface area contributed by atoms with Crippen LogP contribution in [0.15, 0.2) is 72.4 Å². The summed E-state index contributed by atoms with van der Waals surface area (Å²) in [6.45, 7) is 3.85. The fourth-order valence-electron chi connectivity index (χ4n) is 3.37. The molecule has 6 heteroatoms. The molecule has 4 nitrogen and oxygen atoms in total. The number of carbonyl (C=O) groups excluding carboxylic acids is 2. The van der Waals surface area contributed by atoms with Crippen molar-refractivity contribution in [3.63, 3.8) is 0 Å². The number of nitrogens with zero attached hydrogens (tertiary/aromatic N) is 1. The van der Waals surface area contributed by atoms with Crippen LogP contribution in [0.3, 0.4) is 0 Å². The van der Waals surface area contributed by atoms with Crippen molar-refractivity contribution in [2.24, 2.45) is 0 Å². The van der Waals surface area contributed by atoms with Crippen LogP contribution in [0.2, 0.25) is 0 Å². The highest BCUT2D eigenvalue weighted by Gasteiger charge is 2.40. The standard InChI is InChI=1S/C24H18F2N2O2/c1-14-9-10-16(11-15(14)2)21-22(27-19-7-3-5-17(25)12-19)24(30)28(23(21)29)20-8-4-6-18(26)13-20/h3-13,27H,1-2H3. The maximum Gasteiger partial charge on any atom is 0.282 e. The second-order valence-corrected chi connectivity index (χ2v) is 7.11. The van der Waals surface area contributed by atoms with Gasteiger partial charge in [-0.3, -0.25) is 9.59 Å². The maximum atomic E-state index is 13.8. The van der Waals surface area contributed by atoms with E-state index in [9.17, 15) is 18.4 Å². The van der Waals surface area contributed by atoms with Gasteiger partial charge in [-0.25, -0.2) is 13.7 Å². The van der Waals surface area contributed by atoms with Crippen LogP contribution >= 0.6 is 0 Å². The summed E-state index contributed by atoms with van der Waals surface area (Å²) in [5, 5.41) is 2.89. The van der Waals surface area contributed by atoms with Crippen molar-refractivity contribution in [2.75, 3.05) is 10.2 Å². The molecule has 0 atom stereocenters. The van der Waals surface area contributed by atoms with E-state index < -0.39 is 23.4 Å². The van der Waals surface area contributed by atoms with Crippen LogP contribution in [0.5, 0.6) is 0 Å². The van der Waals surface area contributed by atoms with E-state index in [-0.39, 0.29) is 17.0 Å². The molecule has 0 unspecified atom stereocenters. The van der Waals surface area contributed by atoms with Gasteiger partial charge < -0.3 is 5.32 Å². The molecule has 2 amide bonds. The third-order valence-corrected chi connectivity index (χ3v) is 5.04. The van der Waals surface area contributed by atoms with E-state index in [1.54, 1.807) is 12.1 Å². The summed E-state index contributed by atoms with van der Waals surface area (Å²) < 4.78 is 27.4. The average Bonchev–Trinajstić information content (AvgIpc) is 2.94. The van der Waals surface area contributed by atoms with Crippen LogP contribution in [-0.4, -0.2) is 11.8 Å². The van der Waals surface area contributed by atoms with Gasteiger partial charge in [-0.2, -0.15) is 0 Å². The van der Waals surface area contributed by atoms with Gasteiger partial charge in [0.2, 0.25) is 0 Å². The topological polar surface area (TPSA) is 49.4 Å². The van der Waals surface area contributed by atoms with E-state index in [2.05, 4.69) is 5.32 Å². The number of imide groups is 1. The largest absolute Gasteiger partial charge is 0.350 e. The van der Waals surface area contributed by atoms with E-state index in [1.165, 1.54) is 36.4 Å². The zero-order chi connectivity index (χ0) is 21.4. The molecular weight excluding hydrogens is 386 g/mol. The first-order valence-electron chi connectivity index (χ1n) is 9.34. The molecule has 0 fully saturated rings. The first-order chi connectivity index (χ1) is 14.3. The molecule has 0 aliphatic carbocycles. The van der Waals surface area contributed by atoms with Crippen LogP contribution < -0.4 is 10.2 Å². The highest BCUT2D eigenvalue weighted by molar-refractivity contribution is 6.46. The normalized spacial score (nSPS) is 13.9. The van der Waals surface area contributed by atoms with Crippen molar-refractivity contribution >= 4 is 28.8 Å². The second kappa shape index (κ2) is 7.55. The fraction of sp³-hybridized carbons (Fsp3) is 0.0833. The summed E-state index contributed by atoms with van der Waals surface area (Å²) in [6, 6.07) is 16.3. The minimum absolute atomic E-state index is 0.0121. The predicted molar refractivity (Wildman–Crippen MR) is 112 cm³/mol. The molecule has 0 saturated heterocycles. The van der Waals surface area contributed by atoms with Crippen LogP contribution in [0.1, 0.15) is 16.7 Å². The van der Waals surface area contributed by atoms with Crippen molar-refractivity contribution in [3.05, 3.63) is 101 Å². The van der Waals surface area contributed by atoms with Gasteiger partial charge in [-0.1, -0.05) is 30.3 Å². The van der Waals surface area contributed by atoms with E-state index in [0.29, 0.717) is 11.3 Å². The molecule has 3 aromatic rings. The number of hydrogen-bond donors (Lipinski definition) is 1. The molecule has 150 valence electrons. The maximum absolute atomic E-state index is 13.8. The second-order valence-electron chi connectivity index (χ2n) is 7.11. The number of hydrogen-bond acceptors (Lipinski definition) is 3. The van der Waals surface area contributed by atoms with E-state index in [0.717, 1.165) is 22.1 Å². The highest BCUT2D eigenvalue weighted by Crippen LogP contribution is 2.34. The summed E-state index contributed by atoms with van der Waals surface area (Å²) in [4.78, 5) is 27.4. The number of anilines is 2. The minimum Gasteiger partial charge on any atom is -0.350 e. The molecule has 3 aromatic carbocycles. The van der Waals surface area contributed by atoms with Gasteiger partial charge in [-0.05, 0) is 66.9 Å². The summed E-state index contributed by atoms with van der Waals surface area (Å²) in [5.74, 6) is -2.25. The molecule has 0 spiro atoms. The first kappa shape index (κ1) is 19.5. The monoisotopic (exact) mass is 404 g/mol. The summed E-state index contributed by atoms with van der Waals surface area (Å²) in [6.07, 6.45) is 0. The van der Waals surface area contributed by atoms with Gasteiger partial charge in [0.1, 0.15) is 17.3 Å². The zero-order valence-corrected chi connectivity index (χ0v) is 16.4. The van der Waals surface area contributed by atoms with Crippen molar-refractivity contribution in [1.29, 1.82) is 0 Å². The Kier molecular flexibility index (Phi) is 4.91. The number of aryl methyl sites for hydroxylation is 2. The molecule has 1 aliphatic rings. The lowest BCUT2D eigenvalue weighted by Crippen LogP contribution is -2.32. The summed E-state index contributed by atoms with van der Waals surface area (Å²) in [5.41, 5.74) is 3.16. The summed E-state index contributed by atoms with van der Waals surface area (Å²) >= 11 is 0. The van der Waals surface area contributed by atoms with Crippen LogP contribution in [0.25, 0.3) is 5.57 Å². The number of benzene rings is 3. The smallest absolute Gasteiger partial charge is 0.282 e. The van der Waals surface area contributed by atoms with Gasteiger partial charge in [0.25, 0.3) is 11.8 Å². The lowest BCUT2D eigenvalue weighted by atomic mass is 9.99. The minimum atomic E-state index is -0.636. The number of halogens is 2. The van der Waals surface area contributed by atoms with Gasteiger partial charge >= 0.3 is 0 Å². The van der Waals surface area contributed by atoms with Gasteiger partial charge in [0.15, 0.2) is 0 Å². The van der Waals surface area contributed by atoms with Crippen molar-refractivity contribution < 1.29 is 18.4 Å². The zero-order valence-electron chi connectivity index (χ0n) is 16.4. The lowest BCUT2D eigenvalue weighted by molar-refractivity contribution is -0.120. The Balaban J connectivity index is 1.86. The molecule has 30 heavy (non-hydrogen) atoms. The van der Waals surface area contributed by atoms with Crippen molar-refractivity contribution in [1.82, 2.24) is 0 Å². The SMILES string of the molecule is Cc1ccc(C2=C(Nc3cccc(F)c3)C(=O)N(c3cccc(F)c3)C2=O)cc1C. The Hall–Kier alpha value is -3.80. The third-order valence-electron chi connectivity index (χ3n) is 5.04. The van der Waals surface area contributed by atoms with E-state index >= 15 is 0 Å². The molecule has 1 N–H and O–H groups in total. The highest BCUT2D eigenvalue weighted by atomic mass is 19.1. The fourth-order valence-corrected chi connectivity index (χ4v) is 3.37. The van der Waals surface area contributed by atoms with E-state index in [4.69, 9.17) is 0 Å². The lowest BCUT2D eigenvalue weighted by Gasteiger charge is -2.15. The quantitative estimate of drug-likeness (QED) is 0.624. The van der Waals surface area contributed by atoms with Crippen molar-refractivity contribution in [2.45, 2.75) is 13.8 Å².